The summed E-state index contributed by atoms with van der Waals surface area (Å²) in [5.41, 5.74) is 0.771. The summed E-state index contributed by atoms with van der Waals surface area (Å²) < 4.78 is 31.9. The molecule has 0 spiro atoms. The predicted molar refractivity (Wildman–Crippen MR) is 86.0 cm³/mol. The van der Waals surface area contributed by atoms with Crippen molar-refractivity contribution in [2.45, 2.75) is 12.5 Å². The first-order valence-electron chi connectivity index (χ1n) is 7.31. The molecule has 0 saturated carbocycles. The molecule has 2 aromatic rings. The lowest BCUT2D eigenvalue weighted by Gasteiger charge is -2.19. The Bertz CT molecular complexity index is 672. The monoisotopic (exact) mass is 336 g/mol. The summed E-state index contributed by atoms with van der Waals surface area (Å²) in [7, 11) is 1.15. The minimum Gasteiger partial charge on any atom is -0.491 e. The Kier molecular flexibility index (Phi) is 6.08. The van der Waals surface area contributed by atoms with Crippen LogP contribution in [0.15, 0.2) is 42.5 Å². The zero-order chi connectivity index (χ0) is 17.5. The van der Waals surface area contributed by atoms with E-state index < -0.39 is 29.5 Å². The van der Waals surface area contributed by atoms with Gasteiger partial charge in [-0.2, -0.15) is 0 Å². The fraction of sp³-hybridized carbons (Fsp3) is 0.235. The molecule has 2 rings (SSSR count). The Morgan fingerprint density at radius 3 is 2.38 bits per heavy atom. The molecule has 0 aliphatic heterocycles. The van der Waals surface area contributed by atoms with E-state index in [1.165, 1.54) is 0 Å². The fourth-order valence-electron chi connectivity index (χ4n) is 2.29. The number of methoxy groups -OCH3 is 1. The quantitative estimate of drug-likeness (QED) is 0.758. The Morgan fingerprint density at radius 1 is 1.21 bits per heavy atom. The van der Waals surface area contributed by atoms with Crippen molar-refractivity contribution in [1.82, 2.24) is 5.32 Å². The largest absolute Gasteiger partial charge is 0.491 e. The van der Waals surface area contributed by atoms with Gasteiger partial charge < -0.3 is 20.5 Å². The van der Waals surface area contributed by atoms with E-state index in [1.54, 1.807) is 0 Å². The van der Waals surface area contributed by atoms with Crippen LogP contribution in [0.5, 0.6) is 5.75 Å². The van der Waals surface area contributed by atoms with Crippen LogP contribution < -0.4 is 15.4 Å². The maximum absolute atomic E-state index is 13.6. The number of benzene rings is 2. The molecule has 7 heteroatoms. The van der Waals surface area contributed by atoms with Gasteiger partial charge in [0.25, 0.3) is 0 Å². The van der Waals surface area contributed by atoms with Crippen LogP contribution in [0.2, 0.25) is 0 Å². The molecule has 128 valence electrons. The van der Waals surface area contributed by atoms with Crippen molar-refractivity contribution in [3.63, 3.8) is 0 Å². The van der Waals surface area contributed by atoms with Crippen LogP contribution >= 0.6 is 0 Å². The smallest absolute Gasteiger partial charge is 0.319 e. The van der Waals surface area contributed by atoms with Gasteiger partial charge in [-0.25, -0.2) is 13.6 Å². The van der Waals surface area contributed by atoms with Crippen molar-refractivity contribution in [3.05, 3.63) is 59.7 Å². The predicted octanol–water partition coefficient (Wildman–Crippen LogP) is 3.22. The highest BCUT2D eigenvalue weighted by molar-refractivity contribution is 5.89. The molecule has 0 saturated heterocycles. The summed E-state index contributed by atoms with van der Waals surface area (Å²) in [6.07, 6.45) is 0.308. The van der Waals surface area contributed by atoms with E-state index in [1.807, 2.05) is 30.3 Å². The van der Waals surface area contributed by atoms with Crippen molar-refractivity contribution >= 4 is 11.7 Å². The van der Waals surface area contributed by atoms with Crippen molar-refractivity contribution in [2.24, 2.45) is 0 Å². The first kappa shape index (κ1) is 17.7. The first-order valence-corrected chi connectivity index (χ1v) is 7.31. The average molecular weight is 336 g/mol. The summed E-state index contributed by atoms with van der Waals surface area (Å²) in [4.78, 5) is 12.1. The second-order valence-corrected chi connectivity index (χ2v) is 5.05. The minimum absolute atomic E-state index is 0.0425. The van der Waals surface area contributed by atoms with E-state index in [0.29, 0.717) is 6.42 Å². The number of aliphatic hydroxyl groups excluding tert-OH is 1. The van der Waals surface area contributed by atoms with E-state index in [-0.39, 0.29) is 12.3 Å². The molecule has 0 aliphatic rings. The summed E-state index contributed by atoms with van der Waals surface area (Å²) in [5, 5.41) is 14.2. The molecule has 0 aromatic heterocycles. The number of hydrogen-bond acceptors (Lipinski definition) is 3. The van der Waals surface area contributed by atoms with Crippen LogP contribution in [0.3, 0.4) is 0 Å². The van der Waals surface area contributed by atoms with Gasteiger partial charge >= 0.3 is 6.03 Å². The summed E-state index contributed by atoms with van der Waals surface area (Å²) in [6, 6.07) is 9.95. The number of aliphatic hydroxyl groups is 1. The molecule has 0 fully saturated rings. The molecule has 2 aromatic carbocycles. The molecule has 1 atom stereocenters. The van der Waals surface area contributed by atoms with Crippen molar-refractivity contribution < 1.29 is 23.4 Å². The molecule has 3 N–H and O–H groups in total. The van der Waals surface area contributed by atoms with Gasteiger partial charge in [-0.05, 0) is 12.0 Å². The highest BCUT2D eigenvalue weighted by Gasteiger charge is 2.16. The SMILES string of the molecule is COc1c(F)cc(NC(=O)N[C@H](CCO)c2ccccc2)cc1F. The normalized spacial score (nSPS) is 11.7. The molecule has 2 amide bonds. The highest BCUT2D eigenvalue weighted by Crippen LogP contribution is 2.25. The number of anilines is 1. The molecular formula is C17H18F2N2O3. The van der Waals surface area contributed by atoms with E-state index in [9.17, 15) is 13.6 Å². The number of urea groups is 1. The Morgan fingerprint density at radius 2 is 1.83 bits per heavy atom. The zero-order valence-electron chi connectivity index (χ0n) is 13.1. The third-order valence-electron chi connectivity index (χ3n) is 3.39. The van der Waals surface area contributed by atoms with Gasteiger partial charge in [0.15, 0.2) is 17.4 Å². The average Bonchev–Trinajstić information content (AvgIpc) is 2.55. The summed E-state index contributed by atoms with van der Waals surface area (Å²) >= 11 is 0. The minimum atomic E-state index is -0.914. The standard InChI is InChI=1S/C17H18F2N2O3/c1-24-16-13(18)9-12(10-14(16)19)20-17(23)21-15(7-8-22)11-5-3-2-4-6-11/h2-6,9-10,15,22H,7-8H2,1H3,(H2,20,21,23)/t15-/m1/s1. The van der Waals surface area contributed by atoms with E-state index in [2.05, 4.69) is 15.4 Å². The zero-order valence-corrected chi connectivity index (χ0v) is 13.1. The van der Waals surface area contributed by atoms with E-state index >= 15 is 0 Å². The molecule has 0 heterocycles. The number of carbonyl (C=O) groups excluding carboxylic acids is 1. The molecule has 0 bridgehead atoms. The second kappa shape index (κ2) is 8.26. The lowest BCUT2D eigenvalue weighted by atomic mass is 10.0. The van der Waals surface area contributed by atoms with Crippen molar-refractivity contribution in [1.29, 1.82) is 0 Å². The number of carbonyl (C=O) groups is 1. The fourth-order valence-corrected chi connectivity index (χ4v) is 2.29. The van der Waals surface area contributed by atoms with Crippen molar-refractivity contribution in [2.75, 3.05) is 19.0 Å². The summed E-state index contributed by atoms with van der Waals surface area (Å²) in [6.45, 7) is -0.119. The summed E-state index contributed by atoms with van der Waals surface area (Å²) in [5.74, 6) is -2.34. The third-order valence-corrected chi connectivity index (χ3v) is 3.39. The van der Waals surface area contributed by atoms with Gasteiger partial charge in [-0.15, -0.1) is 0 Å². The Labute approximate surface area is 138 Å². The Hall–Kier alpha value is -2.67. The molecule has 0 unspecified atom stereocenters. The number of nitrogens with one attached hydrogen (secondary N) is 2. The lowest BCUT2D eigenvalue weighted by Crippen LogP contribution is -2.33. The van der Waals surface area contributed by atoms with Crippen LogP contribution in [-0.4, -0.2) is 24.9 Å². The molecule has 0 aliphatic carbocycles. The third kappa shape index (κ3) is 4.42. The van der Waals surface area contributed by atoms with Gasteiger partial charge in [0, 0.05) is 24.4 Å². The van der Waals surface area contributed by atoms with Gasteiger partial charge in [0.1, 0.15) is 0 Å². The van der Waals surface area contributed by atoms with Crippen LogP contribution in [0.25, 0.3) is 0 Å². The van der Waals surface area contributed by atoms with Gasteiger partial charge in [0.2, 0.25) is 0 Å². The first-order chi connectivity index (χ1) is 11.5. The number of halogens is 2. The van der Waals surface area contributed by atoms with Crippen LogP contribution in [0, 0.1) is 11.6 Å². The van der Waals surface area contributed by atoms with Gasteiger partial charge in [0.05, 0.1) is 13.2 Å². The molecule has 24 heavy (non-hydrogen) atoms. The van der Waals surface area contributed by atoms with Crippen molar-refractivity contribution in [3.8, 4) is 5.75 Å². The number of amides is 2. The number of ether oxygens (including phenoxy) is 1. The van der Waals surface area contributed by atoms with E-state index in [0.717, 1.165) is 24.8 Å². The highest BCUT2D eigenvalue weighted by atomic mass is 19.1. The molecule has 5 nitrogen and oxygen atoms in total. The Balaban J connectivity index is 2.09. The van der Waals surface area contributed by atoms with Gasteiger partial charge in [-0.3, -0.25) is 0 Å². The number of hydrogen-bond donors (Lipinski definition) is 3. The second-order valence-electron chi connectivity index (χ2n) is 5.05. The maximum Gasteiger partial charge on any atom is 0.319 e. The maximum atomic E-state index is 13.6. The van der Waals surface area contributed by atoms with Crippen LogP contribution in [0.4, 0.5) is 19.3 Å². The van der Waals surface area contributed by atoms with E-state index in [4.69, 9.17) is 5.11 Å². The van der Waals surface area contributed by atoms with Crippen LogP contribution in [0.1, 0.15) is 18.0 Å². The molecule has 0 radical (unpaired) electrons. The lowest BCUT2D eigenvalue weighted by molar-refractivity contribution is 0.239. The van der Waals surface area contributed by atoms with Gasteiger partial charge in [-0.1, -0.05) is 30.3 Å². The van der Waals surface area contributed by atoms with Crippen LogP contribution in [-0.2, 0) is 0 Å². The number of rotatable bonds is 6. The topological polar surface area (TPSA) is 70.6 Å². The molecular weight excluding hydrogens is 318 g/mol.